The van der Waals surface area contributed by atoms with Crippen molar-refractivity contribution in [1.29, 1.82) is 0 Å². The highest BCUT2D eigenvalue weighted by molar-refractivity contribution is 7.99. The summed E-state index contributed by atoms with van der Waals surface area (Å²) in [6.07, 6.45) is 0. The van der Waals surface area contributed by atoms with Crippen molar-refractivity contribution in [1.82, 2.24) is 5.32 Å². The molecule has 2 aliphatic rings. The molecule has 0 amide bonds. The molecule has 1 atom stereocenters. The molecule has 2 heterocycles. The fraction of sp³-hybridized carbons (Fsp3) is 0.250. The minimum Gasteiger partial charge on any atom is -0.454 e. The predicted molar refractivity (Wildman–Crippen MR) is 79.3 cm³/mol. The summed E-state index contributed by atoms with van der Waals surface area (Å²) in [7, 11) is 0. The van der Waals surface area contributed by atoms with Crippen LogP contribution in [0.15, 0.2) is 47.4 Å². The Morgan fingerprint density at radius 2 is 2.05 bits per heavy atom. The van der Waals surface area contributed by atoms with Gasteiger partial charge in [0.25, 0.3) is 0 Å². The van der Waals surface area contributed by atoms with E-state index in [1.807, 2.05) is 23.9 Å². The van der Waals surface area contributed by atoms with Crippen molar-refractivity contribution in [3.05, 3.63) is 53.6 Å². The van der Waals surface area contributed by atoms with E-state index < -0.39 is 0 Å². The Labute approximate surface area is 122 Å². The van der Waals surface area contributed by atoms with Crippen LogP contribution in [0.2, 0.25) is 0 Å². The molecule has 0 spiro atoms. The first-order valence-electron chi connectivity index (χ1n) is 6.74. The summed E-state index contributed by atoms with van der Waals surface area (Å²) in [4.78, 5) is 1.39. The van der Waals surface area contributed by atoms with Crippen molar-refractivity contribution in [2.24, 2.45) is 0 Å². The smallest absolute Gasteiger partial charge is 0.231 e. The average Bonchev–Trinajstić information content (AvgIpc) is 3.12. The molecule has 20 heavy (non-hydrogen) atoms. The zero-order chi connectivity index (χ0) is 13.4. The summed E-state index contributed by atoms with van der Waals surface area (Å²) in [5.74, 6) is 2.83. The van der Waals surface area contributed by atoms with Crippen molar-refractivity contribution in [2.45, 2.75) is 17.5 Å². The maximum Gasteiger partial charge on any atom is 0.231 e. The van der Waals surface area contributed by atoms with E-state index in [9.17, 15) is 0 Å². The predicted octanol–water partition coefficient (Wildman–Crippen LogP) is 3.35. The van der Waals surface area contributed by atoms with Crippen molar-refractivity contribution < 1.29 is 9.47 Å². The zero-order valence-corrected chi connectivity index (χ0v) is 11.8. The van der Waals surface area contributed by atoms with Gasteiger partial charge in [0.1, 0.15) is 0 Å². The van der Waals surface area contributed by atoms with Crippen LogP contribution in [0.4, 0.5) is 0 Å². The molecule has 0 bridgehead atoms. The summed E-state index contributed by atoms with van der Waals surface area (Å²) in [6, 6.07) is 15.1. The molecule has 2 aromatic carbocycles. The standard InChI is InChI=1S/C16H15NO2S/c1-2-7-15-12(5-1)13(9-20-15)17-8-11-4-3-6-14-16(11)19-10-18-14/h1-7,13,17H,8-10H2. The fourth-order valence-electron chi connectivity index (χ4n) is 2.69. The lowest BCUT2D eigenvalue weighted by Gasteiger charge is -2.14. The van der Waals surface area contributed by atoms with Crippen LogP contribution in [0.25, 0.3) is 0 Å². The van der Waals surface area contributed by atoms with E-state index in [1.54, 1.807) is 0 Å². The van der Waals surface area contributed by atoms with E-state index in [0.717, 1.165) is 29.4 Å². The van der Waals surface area contributed by atoms with Gasteiger partial charge >= 0.3 is 0 Å². The summed E-state index contributed by atoms with van der Waals surface area (Å²) in [5.41, 5.74) is 2.57. The number of hydrogen-bond donors (Lipinski definition) is 1. The topological polar surface area (TPSA) is 30.5 Å². The highest BCUT2D eigenvalue weighted by atomic mass is 32.2. The van der Waals surface area contributed by atoms with Crippen LogP contribution in [-0.2, 0) is 6.54 Å². The number of nitrogens with one attached hydrogen (secondary N) is 1. The molecule has 3 nitrogen and oxygen atoms in total. The Bertz CT molecular complexity index is 644. The summed E-state index contributed by atoms with van der Waals surface area (Å²) in [5, 5.41) is 3.63. The Balaban J connectivity index is 1.51. The number of fused-ring (bicyclic) bond motifs is 2. The van der Waals surface area contributed by atoms with Crippen molar-refractivity contribution in [3.63, 3.8) is 0 Å². The number of thioether (sulfide) groups is 1. The fourth-order valence-corrected chi connectivity index (χ4v) is 3.89. The minimum atomic E-state index is 0.328. The van der Waals surface area contributed by atoms with Gasteiger partial charge in [-0.05, 0) is 17.7 Å². The van der Waals surface area contributed by atoms with Crippen LogP contribution < -0.4 is 14.8 Å². The molecule has 0 aliphatic carbocycles. The molecule has 102 valence electrons. The third-order valence-electron chi connectivity index (χ3n) is 3.72. The number of benzene rings is 2. The second-order valence-corrected chi connectivity index (χ2v) is 6.00. The van der Waals surface area contributed by atoms with Crippen LogP contribution in [0.1, 0.15) is 17.2 Å². The zero-order valence-electron chi connectivity index (χ0n) is 11.0. The second-order valence-electron chi connectivity index (χ2n) is 4.93. The molecule has 4 rings (SSSR count). The van der Waals surface area contributed by atoms with E-state index in [-0.39, 0.29) is 0 Å². The van der Waals surface area contributed by atoms with Crippen LogP contribution in [0.3, 0.4) is 0 Å². The molecule has 4 heteroatoms. The number of para-hydroxylation sites is 1. The van der Waals surface area contributed by atoms with Crippen LogP contribution in [-0.4, -0.2) is 12.5 Å². The normalized spacial score (nSPS) is 19.1. The van der Waals surface area contributed by atoms with Gasteiger partial charge in [-0.15, -0.1) is 11.8 Å². The largest absolute Gasteiger partial charge is 0.454 e. The number of ether oxygens (including phenoxy) is 2. The summed E-state index contributed by atoms with van der Waals surface area (Å²) < 4.78 is 11.0. The minimum absolute atomic E-state index is 0.328. The van der Waals surface area contributed by atoms with Gasteiger partial charge in [-0.25, -0.2) is 0 Å². The third-order valence-corrected chi connectivity index (χ3v) is 4.90. The first kappa shape index (κ1) is 12.1. The number of rotatable bonds is 3. The molecule has 2 aliphatic heterocycles. The average molecular weight is 285 g/mol. The van der Waals surface area contributed by atoms with E-state index in [0.29, 0.717) is 12.8 Å². The molecular weight excluding hydrogens is 270 g/mol. The number of hydrogen-bond acceptors (Lipinski definition) is 4. The van der Waals surface area contributed by atoms with E-state index in [1.165, 1.54) is 10.5 Å². The molecule has 1 N–H and O–H groups in total. The van der Waals surface area contributed by atoms with Gasteiger partial charge in [0, 0.05) is 28.8 Å². The van der Waals surface area contributed by atoms with Gasteiger partial charge in [0.05, 0.1) is 0 Å². The van der Waals surface area contributed by atoms with Crippen molar-refractivity contribution in [3.8, 4) is 11.5 Å². The van der Waals surface area contributed by atoms with Gasteiger partial charge < -0.3 is 14.8 Å². The molecule has 0 aromatic heterocycles. The van der Waals surface area contributed by atoms with Crippen molar-refractivity contribution >= 4 is 11.8 Å². The first-order chi connectivity index (χ1) is 9.92. The van der Waals surface area contributed by atoms with Gasteiger partial charge in [-0.1, -0.05) is 30.3 Å². The second kappa shape index (κ2) is 5.04. The molecule has 0 saturated heterocycles. The maximum atomic E-state index is 5.55. The monoisotopic (exact) mass is 285 g/mol. The summed E-state index contributed by atoms with van der Waals surface area (Å²) in [6.45, 7) is 1.13. The molecule has 0 radical (unpaired) electrons. The highest BCUT2D eigenvalue weighted by Gasteiger charge is 2.23. The Hall–Kier alpha value is -1.65. The Morgan fingerprint density at radius 3 is 3.05 bits per heavy atom. The lowest BCUT2D eigenvalue weighted by atomic mass is 10.1. The van der Waals surface area contributed by atoms with Crippen molar-refractivity contribution in [2.75, 3.05) is 12.5 Å². The molecular formula is C16H15NO2S. The molecule has 2 aromatic rings. The lowest BCUT2D eigenvalue weighted by molar-refractivity contribution is 0.173. The van der Waals surface area contributed by atoms with E-state index in [4.69, 9.17) is 9.47 Å². The van der Waals surface area contributed by atoms with Gasteiger partial charge in [0.2, 0.25) is 6.79 Å². The molecule has 1 unspecified atom stereocenters. The van der Waals surface area contributed by atoms with Gasteiger partial charge in [-0.3, -0.25) is 0 Å². The van der Waals surface area contributed by atoms with E-state index in [2.05, 4.69) is 35.6 Å². The maximum absolute atomic E-state index is 5.55. The summed E-state index contributed by atoms with van der Waals surface area (Å²) >= 11 is 1.92. The van der Waals surface area contributed by atoms with Gasteiger partial charge in [0.15, 0.2) is 11.5 Å². The Kier molecular flexibility index (Phi) is 3.05. The van der Waals surface area contributed by atoms with Crippen LogP contribution in [0, 0.1) is 0 Å². The molecule has 0 fully saturated rings. The molecule has 0 saturated carbocycles. The van der Waals surface area contributed by atoms with Crippen LogP contribution >= 0.6 is 11.8 Å². The Morgan fingerprint density at radius 1 is 1.10 bits per heavy atom. The van der Waals surface area contributed by atoms with E-state index >= 15 is 0 Å². The lowest BCUT2D eigenvalue weighted by Crippen LogP contribution is -2.20. The highest BCUT2D eigenvalue weighted by Crippen LogP contribution is 2.39. The van der Waals surface area contributed by atoms with Gasteiger partial charge in [-0.2, -0.15) is 0 Å². The first-order valence-corrected chi connectivity index (χ1v) is 7.73. The van der Waals surface area contributed by atoms with Crippen LogP contribution in [0.5, 0.6) is 11.5 Å². The quantitative estimate of drug-likeness (QED) is 0.937. The SMILES string of the molecule is c1cc(CNC2CSc3ccccc32)c2c(c1)OCO2. The third kappa shape index (κ3) is 2.05.